The minimum atomic E-state index is 0.238. The molecule has 0 heterocycles. The van der Waals surface area contributed by atoms with Crippen LogP contribution < -0.4 is 0 Å². The molecule has 32 heavy (non-hydrogen) atoms. The molecule has 0 saturated carbocycles. The molecule has 0 unspecified atom stereocenters. The van der Waals surface area contributed by atoms with Crippen molar-refractivity contribution in [3.63, 3.8) is 0 Å². The van der Waals surface area contributed by atoms with Crippen LogP contribution in [0.5, 0.6) is 0 Å². The van der Waals surface area contributed by atoms with E-state index in [9.17, 15) is 5.11 Å². The van der Waals surface area contributed by atoms with Crippen molar-refractivity contribution in [2.75, 3.05) is 46.2 Å². The van der Waals surface area contributed by atoms with E-state index in [2.05, 4.69) is 19.7 Å². The fraction of sp³-hybridized carbons (Fsp3) is 0.786. The van der Waals surface area contributed by atoms with E-state index in [0.29, 0.717) is 0 Å². The van der Waals surface area contributed by atoms with Crippen molar-refractivity contribution in [2.24, 2.45) is 5.41 Å². The van der Waals surface area contributed by atoms with Crippen LogP contribution in [-0.2, 0) is 14.2 Å². The first kappa shape index (κ1) is 31.1. The smallest absolute Gasteiger partial charge is 0.0468 e. The maximum atomic E-state index is 9.51. The van der Waals surface area contributed by atoms with Crippen LogP contribution in [-0.4, -0.2) is 51.4 Å². The number of unbranched alkanes of at least 4 members (excludes halogenated alkanes) is 3. The van der Waals surface area contributed by atoms with Gasteiger partial charge in [-0.25, -0.2) is 0 Å². The third-order valence-electron chi connectivity index (χ3n) is 5.94. The Balaban J connectivity index is 4.55. The number of ether oxygens (including phenoxy) is 3. The Bertz CT molecular complexity index is 367. The number of aliphatic hydroxyl groups excluding tert-OH is 1. The molecule has 0 aromatic carbocycles. The Hall–Kier alpha value is -0.940. The lowest BCUT2D eigenvalue weighted by molar-refractivity contribution is 0.0731. The maximum Gasteiger partial charge on any atom is 0.0468 e. The summed E-state index contributed by atoms with van der Waals surface area (Å²) in [4.78, 5) is 0. The third kappa shape index (κ3) is 19.7. The van der Waals surface area contributed by atoms with Crippen LogP contribution in [0.25, 0.3) is 0 Å². The fourth-order valence-electron chi connectivity index (χ4n) is 4.15. The number of hydrogen-bond acceptors (Lipinski definition) is 4. The van der Waals surface area contributed by atoms with Crippen molar-refractivity contribution in [1.29, 1.82) is 0 Å². The van der Waals surface area contributed by atoms with Crippen LogP contribution in [0.2, 0.25) is 0 Å². The SMILES string of the molecule is C=CCCCOCCCC(CCCO)(CCCOCCCC=C)CCCOCCCC=C. The van der Waals surface area contributed by atoms with Gasteiger partial charge in [0.25, 0.3) is 0 Å². The average molecular weight is 453 g/mol. The molecular formula is C28H52O4. The number of hydrogen-bond donors (Lipinski definition) is 1. The Morgan fingerprint density at radius 1 is 0.500 bits per heavy atom. The van der Waals surface area contributed by atoms with Crippen molar-refractivity contribution in [1.82, 2.24) is 0 Å². The van der Waals surface area contributed by atoms with E-state index >= 15 is 0 Å². The summed E-state index contributed by atoms with van der Waals surface area (Å²) in [5.41, 5.74) is 0.238. The number of rotatable bonds is 27. The molecule has 0 rings (SSSR count). The van der Waals surface area contributed by atoms with Gasteiger partial charge in [-0.2, -0.15) is 0 Å². The second kappa shape index (κ2) is 24.7. The molecule has 0 aromatic rings. The first-order valence-corrected chi connectivity index (χ1v) is 12.9. The number of allylic oxidation sites excluding steroid dienone is 3. The van der Waals surface area contributed by atoms with E-state index in [1.165, 1.54) is 0 Å². The lowest BCUT2D eigenvalue weighted by atomic mass is 9.72. The van der Waals surface area contributed by atoms with E-state index in [0.717, 1.165) is 130 Å². The fourth-order valence-corrected chi connectivity index (χ4v) is 4.15. The molecule has 0 aliphatic carbocycles. The molecule has 0 fully saturated rings. The van der Waals surface area contributed by atoms with Gasteiger partial charge in [-0.05, 0) is 95.3 Å². The highest BCUT2D eigenvalue weighted by Crippen LogP contribution is 2.39. The summed E-state index contributed by atoms with van der Waals surface area (Å²) >= 11 is 0. The van der Waals surface area contributed by atoms with Crippen LogP contribution in [0.15, 0.2) is 38.0 Å². The van der Waals surface area contributed by atoms with Gasteiger partial charge in [0.05, 0.1) is 0 Å². The van der Waals surface area contributed by atoms with Gasteiger partial charge in [-0.3, -0.25) is 0 Å². The second-order valence-corrected chi connectivity index (χ2v) is 8.77. The molecule has 0 spiro atoms. The van der Waals surface area contributed by atoms with Gasteiger partial charge < -0.3 is 19.3 Å². The summed E-state index contributed by atoms with van der Waals surface area (Å²) in [6.45, 7) is 16.4. The summed E-state index contributed by atoms with van der Waals surface area (Å²) in [6, 6.07) is 0. The maximum absolute atomic E-state index is 9.51. The van der Waals surface area contributed by atoms with Crippen molar-refractivity contribution in [3.05, 3.63) is 38.0 Å². The third-order valence-corrected chi connectivity index (χ3v) is 5.94. The first-order valence-electron chi connectivity index (χ1n) is 12.9. The molecule has 188 valence electrons. The molecule has 4 nitrogen and oxygen atoms in total. The molecule has 0 aliphatic heterocycles. The molecule has 0 amide bonds. The second-order valence-electron chi connectivity index (χ2n) is 8.77. The molecule has 0 aliphatic rings. The van der Waals surface area contributed by atoms with E-state index in [1.807, 2.05) is 18.2 Å². The van der Waals surface area contributed by atoms with Crippen LogP contribution in [0.4, 0.5) is 0 Å². The quantitative estimate of drug-likeness (QED) is 0.107. The predicted molar refractivity (Wildman–Crippen MR) is 137 cm³/mol. The van der Waals surface area contributed by atoms with Gasteiger partial charge in [0, 0.05) is 46.2 Å². The monoisotopic (exact) mass is 452 g/mol. The highest BCUT2D eigenvalue weighted by atomic mass is 16.5. The van der Waals surface area contributed by atoms with Gasteiger partial charge in [-0.15, -0.1) is 19.7 Å². The number of aliphatic hydroxyl groups is 1. The molecule has 1 N–H and O–H groups in total. The average Bonchev–Trinajstić information content (AvgIpc) is 2.81. The zero-order valence-electron chi connectivity index (χ0n) is 20.9. The summed E-state index contributed by atoms with van der Waals surface area (Å²) in [5, 5.41) is 9.51. The highest BCUT2D eigenvalue weighted by molar-refractivity contribution is 4.80. The Kier molecular flexibility index (Phi) is 24.0. The van der Waals surface area contributed by atoms with Gasteiger partial charge in [0.2, 0.25) is 0 Å². The zero-order chi connectivity index (χ0) is 23.6. The van der Waals surface area contributed by atoms with E-state index in [4.69, 9.17) is 14.2 Å². The van der Waals surface area contributed by atoms with Crippen molar-refractivity contribution >= 4 is 0 Å². The highest BCUT2D eigenvalue weighted by Gasteiger charge is 2.28. The van der Waals surface area contributed by atoms with Crippen LogP contribution in [0.3, 0.4) is 0 Å². The molecule has 0 radical (unpaired) electrons. The van der Waals surface area contributed by atoms with Gasteiger partial charge in [-0.1, -0.05) is 18.2 Å². The molecule has 0 aromatic heterocycles. The van der Waals surface area contributed by atoms with Gasteiger partial charge in [0.1, 0.15) is 0 Å². The minimum Gasteiger partial charge on any atom is -0.396 e. The van der Waals surface area contributed by atoms with E-state index < -0.39 is 0 Å². The van der Waals surface area contributed by atoms with E-state index in [1.54, 1.807) is 0 Å². The summed E-state index contributed by atoms with van der Waals surface area (Å²) in [6.07, 6.45) is 20.6. The summed E-state index contributed by atoms with van der Waals surface area (Å²) in [5.74, 6) is 0. The zero-order valence-corrected chi connectivity index (χ0v) is 20.9. The molecule has 4 heteroatoms. The van der Waals surface area contributed by atoms with Crippen LogP contribution in [0, 0.1) is 5.41 Å². The molecule has 0 atom stereocenters. The van der Waals surface area contributed by atoms with Crippen molar-refractivity contribution in [3.8, 4) is 0 Å². The van der Waals surface area contributed by atoms with Gasteiger partial charge >= 0.3 is 0 Å². The normalized spacial score (nSPS) is 11.5. The molecule has 0 saturated heterocycles. The predicted octanol–water partition coefficient (Wildman–Crippen LogP) is 7.03. The van der Waals surface area contributed by atoms with Crippen molar-refractivity contribution < 1.29 is 19.3 Å². The first-order chi connectivity index (χ1) is 15.7. The Labute approximate surface area is 199 Å². The van der Waals surface area contributed by atoms with Gasteiger partial charge in [0.15, 0.2) is 0 Å². The van der Waals surface area contributed by atoms with E-state index in [-0.39, 0.29) is 12.0 Å². The Morgan fingerprint density at radius 2 is 0.812 bits per heavy atom. The molecular weight excluding hydrogens is 400 g/mol. The minimum absolute atomic E-state index is 0.238. The largest absolute Gasteiger partial charge is 0.396 e. The topological polar surface area (TPSA) is 47.9 Å². The molecule has 0 bridgehead atoms. The Morgan fingerprint density at radius 3 is 1.12 bits per heavy atom. The van der Waals surface area contributed by atoms with Crippen LogP contribution in [0.1, 0.15) is 89.9 Å². The van der Waals surface area contributed by atoms with Crippen molar-refractivity contribution in [2.45, 2.75) is 89.9 Å². The summed E-state index contributed by atoms with van der Waals surface area (Å²) < 4.78 is 17.5. The lowest BCUT2D eigenvalue weighted by Gasteiger charge is -2.35. The lowest BCUT2D eigenvalue weighted by Crippen LogP contribution is -2.24. The van der Waals surface area contributed by atoms with Crippen LogP contribution >= 0.6 is 0 Å². The summed E-state index contributed by atoms with van der Waals surface area (Å²) in [7, 11) is 0. The standard InChI is InChI=1S/C28H52O4/c1-4-7-10-22-30-25-14-18-28(17-13-21-29,19-15-26-31-23-11-8-5-2)20-16-27-32-24-12-9-6-3/h4-6,29H,1-3,7-27H2.